The van der Waals surface area contributed by atoms with Gasteiger partial charge in [0, 0.05) is 10.3 Å². The van der Waals surface area contributed by atoms with Gasteiger partial charge in [0.05, 0.1) is 21.5 Å². The largest absolute Gasteiger partial charge is 0.416 e. The van der Waals surface area contributed by atoms with Crippen LogP contribution in [0.2, 0.25) is 5.02 Å². The number of amides is 1. The standard InChI is InChI=1S/C20H17ClF3N3OS2/c1-10(17(28)27-14-8-11(20(22,23)24)6-7-13(14)21)29-18-16-12-4-2-3-5-15(12)30-19(16)26-9-25-18/h6-10H,2-5H2,1H3,(H,27,28)/t10-/m1/s1. The Morgan fingerprint density at radius 1 is 1.27 bits per heavy atom. The van der Waals surface area contributed by atoms with Gasteiger partial charge < -0.3 is 5.32 Å². The van der Waals surface area contributed by atoms with Crippen LogP contribution < -0.4 is 5.32 Å². The van der Waals surface area contributed by atoms with Gasteiger partial charge in [0.15, 0.2) is 0 Å². The molecule has 10 heteroatoms. The average molecular weight is 472 g/mol. The van der Waals surface area contributed by atoms with Crippen molar-refractivity contribution in [2.75, 3.05) is 5.32 Å². The summed E-state index contributed by atoms with van der Waals surface area (Å²) in [6, 6.07) is 2.85. The highest BCUT2D eigenvalue weighted by Crippen LogP contribution is 2.40. The van der Waals surface area contributed by atoms with Crippen molar-refractivity contribution < 1.29 is 18.0 Å². The molecule has 0 bridgehead atoms. The SMILES string of the molecule is C[C@@H](Sc1ncnc2sc3c(c12)CCCC3)C(=O)Nc1cc(C(F)(F)F)ccc1Cl. The Labute approximate surface area is 184 Å². The van der Waals surface area contributed by atoms with Gasteiger partial charge in [-0.25, -0.2) is 9.97 Å². The van der Waals surface area contributed by atoms with Crippen molar-refractivity contribution in [1.82, 2.24) is 9.97 Å². The number of hydrogen-bond acceptors (Lipinski definition) is 5. The van der Waals surface area contributed by atoms with Crippen LogP contribution in [-0.2, 0) is 23.8 Å². The lowest BCUT2D eigenvalue weighted by Gasteiger charge is -2.15. The zero-order valence-corrected chi connectivity index (χ0v) is 18.2. The molecule has 1 amide bonds. The number of thiophene rings is 1. The second-order valence-electron chi connectivity index (χ2n) is 7.01. The summed E-state index contributed by atoms with van der Waals surface area (Å²) in [5.41, 5.74) is 0.326. The van der Waals surface area contributed by atoms with Crippen LogP contribution in [0.3, 0.4) is 0 Å². The Balaban J connectivity index is 1.56. The first-order valence-corrected chi connectivity index (χ1v) is 11.4. The predicted octanol–water partition coefficient (Wildman–Crippen LogP) is 6.36. The van der Waals surface area contributed by atoms with Gasteiger partial charge >= 0.3 is 6.18 Å². The van der Waals surface area contributed by atoms with Crippen LogP contribution in [0, 0.1) is 0 Å². The Hall–Kier alpha value is -1.84. The Morgan fingerprint density at radius 2 is 2.03 bits per heavy atom. The predicted molar refractivity (Wildman–Crippen MR) is 114 cm³/mol. The van der Waals surface area contributed by atoms with Crippen LogP contribution >= 0.6 is 34.7 Å². The van der Waals surface area contributed by atoms with E-state index < -0.39 is 22.9 Å². The summed E-state index contributed by atoms with van der Waals surface area (Å²) in [5, 5.41) is 3.69. The van der Waals surface area contributed by atoms with Crippen molar-refractivity contribution in [3.63, 3.8) is 0 Å². The number of anilines is 1. The molecule has 1 N–H and O–H groups in total. The minimum atomic E-state index is -4.52. The maximum absolute atomic E-state index is 13.0. The van der Waals surface area contributed by atoms with Gasteiger partial charge in [-0.15, -0.1) is 11.3 Å². The molecule has 1 atom stereocenters. The number of nitrogens with one attached hydrogen (secondary N) is 1. The first kappa shape index (κ1) is 21.4. The number of carbonyl (C=O) groups is 1. The summed E-state index contributed by atoms with van der Waals surface area (Å²) < 4.78 is 38.9. The fraction of sp³-hybridized carbons (Fsp3) is 0.350. The van der Waals surface area contributed by atoms with Crippen molar-refractivity contribution in [3.8, 4) is 0 Å². The Bertz CT molecular complexity index is 1120. The molecule has 2 aromatic heterocycles. The summed E-state index contributed by atoms with van der Waals surface area (Å²) in [7, 11) is 0. The molecule has 4 rings (SSSR count). The summed E-state index contributed by atoms with van der Waals surface area (Å²) >= 11 is 8.93. The number of aryl methyl sites for hydroxylation is 2. The number of carbonyl (C=O) groups excluding carboxylic acids is 1. The van der Waals surface area contributed by atoms with E-state index in [1.807, 2.05) is 0 Å². The van der Waals surface area contributed by atoms with Crippen LogP contribution in [-0.4, -0.2) is 21.1 Å². The Morgan fingerprint density at radius 3 is 2.80 bits per heavy atom. The smallest absolute Gasteiger partial charge is 0.324 e. The maximum Gasteiger partial charge on any atom is 0.416 e. The van der Waals surface area contributed by atoms with Gasteiger partial charge in [-0.05, 0) is 56.4 Å². The molecule has 4 nitrogen and oxygen atoms in total. The van der Waals surface area contributed by atoms with Gasteiger partial charge in [0.1, 0.15) is 16.2 Å². The summed E-state index contributed by atoms with van der Waals surface area (Å²) in [6.45, 7) is 1.69. The number of thioether (sulfide) groups is 1. The molecule has 158 valence electrons. The van der Waals surface area contributed by atoms with E-state index in [1.54, 1.807) is 18.3 Å². The minimum Gasteiger partial charge on any atom is -0.324 e. The van der Waals surface area contributed by atoms with Crippen LogP contribution in [0.15, 0.2) is 29.6 Å². The average Bonchev–Trinajstić information content (AvgIpc) is 3.08. The molecule has 1 aliphatic rings. The molecule has 0 radical (unpaired) electrons. The minimum absolute atomic E-state index is 0.0462. The monoisotopic (exact) mass is 471 g/mol. The summed E-state index contributed by atoms with van der Waals surface area (Å²) in [6.07, 6.45) is 1.24. The molecule has 0 saturated carbocycles. The molecule has 1 aromatic carbocycles. The van der Waals surface area contributed by atoms with Gasteiger partial charge in [-0.2, -0.15) is 13.2 Å². The van der Waals surface area contributed by atoms with E-state index in [0.717, 1.165) is 59.1 Å². The van der Waals surface area contributed by atoms with Gasteiger partial charge in [-0.1, -0.05) is 23.4 Å². The fourth-order valence-corrected chi connectivity index (χ4v) is 5.81. The van der Waals surface area contributed by atoms with Crippen LogP contribution in [0.1, 0.15) is 35.8 Å². The molecular formula is C20H17ClF3N3OS2. The lowest BCUT2D eigenvalue weighted by Crippen LogP contribution is -2.23. The number of benzene rings is 1. The van der Waals surface area contributed by atoms with E-state index >= 15 is 0 Å². The zero-order chi connectivity index (χ0) is 21.5. The zero-order valence-electron chi connectivity index (χ0n) is 15.8. The highest BCUT2D eigenvalue weighted by Gasteiger charge is 2.31. The number of rotatable bonds is 4. The second kappa shape index (κ2) is 8.36. The van der Waals surface area contributed by atoms with Crippen molar-refractivity contribution in [3.05, 3.63) is 45.6 Å². The molecule has 0 saturated heterocycles. The fourth-order valence-electron chi connectivity index (χ4n) is 3.40. The number of halogens is 4. The third kappa shape index (κ3) is 4.29. The second-order valence-corrected chi connectivity index (χ2v) is 9.83. The topological polar surface area (TPSA) is 54.9 Å². The number of hydrogen-bond donors (Lipinski definition) is 1. The maximum atomic E-state index is 13.0. The lowest BCUT2D eigenvalue weighted by atomic mass is 9.97. The van der Waals surface area contributed by atoms with Gasteiger partial charge in [0.2, 0.25) is 5.91 Å². The molecule has 0 unspecified atom stereocenters. The number of alkyl halides is 3. The van der Waals surface area contributed by atoms with E-state index in [1.165, 1.54) is 28.5 Å². The first-order chi connectivity index (χ1) is 14.2. The normalized spacial score (nSPS) is 15.1. The van der Waals surface area contributed by atoms with Gasteiger partial charge in [0.25, 0.3) is 0 Å². The van der Waals surface area contributed by atoms with Gasteiger partial charge in [-0.3, -0.25) is 4.79 Å². The van der Waals surface area contributed by atoms with Crippen molar-refractivity contribution in [2.24, 2.45) is 0 Å². The highest BCUT2D eigenvalue weighted by atomic mass is 35.5. The summed E-state index contributed by atoms with van der Waals surface area (Å²) in [4.78, 5) is 23.7. The first-order valence-electron chi connectivity index (χ1n) is 9.33. The van der Waals surface area contributed by atoms with Crippen molar-refractivity contribution in [2.45, 2.75) is 49.1 Å². The van der Waals surface area contributed by atoms with E-state index in [2.05, 4.69) is 15.3 Å². The summed E-state index contributed by atoms with van der Waals surface area (Å²) in [5.74, 6) is -0.447. The highest BCUT2D eigenvalue weighted by molar-refractivity contribution is 8.00. The third-order valence-electron chi connectivity index (χ3n) is 4.93. The van der Waals surface area contributed by atoms with E-state index in [4.69, 9.17) is 11.6 Å². The quantitative estimate of drug-likeness (QED) is 0.355. The lowest BCUT2D eigenvalue weighted by molar-refractivity contribution is -0.137. The molecule has 3 aromatic rings. The van der Waals surface area contributed by atoms with Crippen molar-refractivity contribution >= 4 is 56.5 Å². The molecule has 2 heterocycles. The molecule has 30 heavy (non-hydrogen) atoms. The van der Waals surface area contributed by atoms with E-state index in [9.17, 15) is 18.0 Å². The number of aromatic nitrogens is 2. The number of nitrogens with zero attached hydrogens (tertiary/aromatic N) is 2. The third-order valence-corrected chi connectivity index (χ3v) is 7.56. The molecule has 0 aliphatic heterocycles. The molecule has 1 aliphatic carbocycles. The van der Waals surface area contributed by atoms with Crippen molar-refractivity contribution in [1.29, 1.82) is 0 Å². The Kier molecular flexibility index (Phi) is 5.96. The molecular weight excluding hydrogens is 455 g/mol. The number of fused-ring (bicyclic) bond motifs is 3. The van der Waals surface area contributed by atoms with Crippen LogP contribution in [0.4, 0.5) is 18.9 Å². The van der Waals surface area contributed by atoms with Crippen LogP contribution in [0.25, 0.3) is 10.2 Å². The van der Waals surface area contributed by atoms with E-state index in [-0.39, 0.29) is 10.7 Å². The van der Waals surface area contributed by atoms with E-state index in [0.29, 0.717) is 0 Å². The molecule has 0 spiro atoms. The van der Waals surface area contributed by atoms with Crippen LogP contribution in [0.5, 0.6) is 0 Å². The molecule has 0 fully saturated rings.